The van der Waals surface area contributed by atoms with Gasteiger partial charge in [-0.15, -0.1) is 0 Å². The summed E-state index contributed by atoms with van der Waals surface area (Å²) in [6.45, 7) is 0. The number of carbonyl (C=O) groups excluding carboxylic acids is 1. The van der Waals surface area contributed by atoms with Crippen LogP contribution in [0.4, 0.5) is 0 Å². The van der Waals surface area contributed by atoms with E-state index < -0.39 is 0 Å². The molecule has 0 unspecified atom stereocenters. The lowest BCUT2D eigenvalue weighted by Gasteiger charge is -2.09. The molecule has 4 heteroatoms. The molecular weight excluding hydrogens is 355 g/mol. The summed E-state index contributed by atoms with van der Waals surface area (Å²) in [6, 6.07) is 12.6. The van der Waals surface area contributed by atoms with Crippen molar-refractivity contribution in [3.05, 3.63) is 57.2 Å². The summed E-state index contributed by atoms with van der Waals surface area (Å²) in [5.74, 6) is 1.16. The van der Waals surface area contributed by atoms with Gasteiger partial charge in [0.25, 0.3) is 0 Å². The van der Waals surface area contributed by atoms with Gasteiger partial charge < -0.3 is 9.47 Å². The molecule has 0 aliphatic carbocycles. The summed E-state index contributed by atoms with van der Waals surface area (Å²) in [6.07, 6.45) is 0. The van der Waals surface area contributed by atoms with E-state index in [9.17, 15) is 4.79 Å². The largest absolute Gasteiger partial charge is 0.497 e. The maximum atomic E-state index is 12.5. The first kappa shape index (κ1) is 13.9. The van der Waals surface area contributed by atoms with Crippen LogP contribution in [0.3, 0.4) is 0 Å². The number of ether oxygens (including phenoxy) is 2. The Balaban J connectivity index is 2.46. The van der Waals surface area contributed by atoms with Gasteiger partial charge in [-0.25, -0.2) is 0 Å². The van der Waals surface area contributed by atoms with E-state index >= 15 is 0 Å². The van der Waals surface area contributed by atoms with Crippen LogP contribution in [0.15, 0.2) is 42.5 Å². The molecule has 0 spiro atoms. The van der Waals surface area contributed by atoms with Crippen molar-refractivity contribution >= 4 is 28.4 Å². The zero-order valence-electron chi connectivity index (χ0n) is 10.6. The molecule has 3 nitrogen and oxygen atoms in total. The van der Waals surface area contributed by atoms with Crippen molar-refractivity contribution in [2.75, 3.05) is 14.2 Å². The standard InChI is InChI=1S/C15H13IO3/c1-18-12-5-3-4-10(8-12)15(17)13-9-11(16)6-7-14(13)19-2/h3-9H,1-2H3. The van der Waals surface area contributed by atoms with Crippen LogP contribution in [0.2, 0.25) is 0 Å². The van der Waals surface area contributed by atoms with Crippen LogP contribution in [0.5, 0.6) is 11.5 Å². The summed E-state index contributed by atoms with van der Waals surface area (Å²) >= 11 is 2.17. The number of hydrogen-bond acceptors (Lipinski definition) is 3. The third-order valence-corrected chi connectivity index (χ3v) is 3.41. The Bertz CT molecular complexity index is 608. The molecule has 0 fully saturated rings. The van der Waals surface area contributed by atoms with E-state index in [0.717, 1.165) is 3.57 Å². The van der Waals surface area contributed by atoms with Crippen molar-refractivity contribution in [1.29, 1.82) is 0 Å². The fourth-order valence-electron chi connectivity index (χ4n) is 1.78. The van der Waals surface area contributed by atoms with Crippen LogP contribution in [0.25, 0.3) is 0 Å². The van der Waals surface area contributed by atoms with E-state index in [0.29, 0.717) is 22.6 Å². The second kappa shape index (κ2) is 6.06. The zero-order chi connectivity index (χ0) is 13.8. The molecule has 0 aliphatic heterocycles. The fraction of sp³-hybridized carbons (Fsp3) is 0.133. The lowest BCUT2D eigenvalue weighted by molar-refractivity contribution is 0.103. The second-order valence-electron chi connectivity index (χ2n) is 3.91. The maximum Gasteiger partial charge on any atom is 0.196 e. The molecule has 0 aromatic heterocycles. The molecule has 2 aromatic carbocycles. The summed E-state index contributed by atoms with van der Waals surface area (Å²) < 4.78 is 11.4. The Morgan fingerprint density at radius 3 is 2.53 bits per heavy atom. The average molecular weight is 368 g/mol. The normalized spacial score (nSPS) is 10.1. The highest BCUT2D eigenvalue weighted by molar-refractivity contribution is 14.1. The van der Waals surface area contributed by atoms with E-state index in [-0.39, 0.29) is 5.78 Å². The molecule has 0 radical (unpaired) electrons. The molecule has 0 saturated carbocycles. The van der Waals surface area contributed by atoms with Gasteiger partial charge in [0.05, 0.1) is 19.8 Å². The number of methoxy groups -OCH3 is 2. The van der Waals surface area contributed by atoms with Crippen LogP contribution in [-0.2, 0) is 0 Å². The topological polar surface area (TPSA) is 35.5 Å². The SMILES string of the molecule is COc1cccc(C(=O)c2cc(I)ccc2OC)c1. The molecule has 0 heterocycles. The molecule has 0 bridgehead atoms. The van der Waals surface area contributed by atoms with Gasteiger partial charge in [0.1, 0.15) is 11.5 Å². The molecule has 98 valence electrons. The van der Waals surface area contributed by atoms with Gasteiger partial charge in [-0.3, -0.25) is 4.79 Å². The summed E-state index contributed by atoms with van der Waals surface area (Å²) in [5.41, 5.74) is 1.14. The molecule has 2 rings (SSSR count). The van der Waals surface area contributed by atoms with Gasteiger partial charge in [-0.2, -0.15) is 0 Å². The number of halogens is 1. The minimum atomic E-state index is -0.0748. The van der Waals surface area contributed by atoms with Crippen molar-refractivity contribution in [3.63, 3.8) is 0 Å². The minimum Gasteiger partial charge on any atom is -0.497 e. The van der Waals surface area contributed by atoms with E-state index in [1.165, 1.54) is 0 Å². The fourth-order valence-corrected chi connectivity index (χ4v) is 2.27. The molecule has 0 aliphatic rings. The predicted octanol–water partition coefficient (Wildman–Crippen LogP) is 3.54. The number of benzene rings is 2. The van der Waals surface area contributed by atoms with E-state index in [1.807, 2.05) is 18.2 Å². The lowest BCUT2D eigenvalue weighted by Crippen LogP contribution is -2.04. The Kier molecular flexibility index (Phi) is 4.42. The first-order chi connectivity index (χ1) is 9.15. The van der Waals surface area contributed by atoms with E-state index in [4.69, 9.17) is 9.47 Å². The number of carbonyl (C=O) groups is 1. The quantitative estimate of drug-likeness (QED) is 0.612. The Morgan fingerprint density at radius 1 is 1.05 bits per heavy atom. The third kappa shape index (κ3) is 3.07. The third-order valence-electron chi connectivity index (χ3n) is 2.74. The highest BCUT2D eigenvalue weighted by atomic mass is 127. The van der Waals surface area contributed by atoms with Crippen LogP contribution < -0.4 is 9.47 Å². The lowest BCUT2D eigenvalue weighted by atomic mass is 10.0. The average Bonchev–Trinajstić information content (AvgIpc) is 2.46. The molecule has 0 amide bonds. The first-order valence-electron chi connectivity index (χ1n) is 5.68. The minimum absolute atomic E-state index is 0.0748. The summed E-state index contributed by atoms with van der Waals surface area (Å²) in [7, 11) is 3.14. The zero-order valence-corrected chi connectivity index (χ0v) is 12.8. The van der Waals surface area contributed by atoms with Crippen LogP contribution >= 0.6 is 22.6 Å². The van der Waals surface area contributed by atoms with Crippen LogP contribution in [0.1, 0.15) is 15.9 Å². The molecule has 0 N–H and O–H groups in total. The van der Waals surface area contributed by atoms with Crippen molar-refractivity contribution in [2.24, 2.45) is 0 Å². The Morgan fingerprint density at radius 2 is 1.84 bits per heavy atom. The Hall–Kier alpha value is -1.56. The van der Waals surface area contributed by atoms with E-state index in [1.54, 1.807) is 38.5 Å². The second-order valence-corrected chi connectivity index (χ2v) is 5.15. The maximum absolute atomic E-state index is 12.5. The van der Waals surface area contributed by atoms with Crippen LogP contribution in [0, 0.1) is 3.57 Å². The molecular formula is C15H13IO3. The monoisotopic (exact) mass is 368 g/mol. The van der Waals surface area contributed by atoms with Gasteiger partial charge in [0.2, 0.25) is 0 Å². The first-order valence-corrected chi connectivity index (χ1v) is 6.76. The number of rotatable bonds is 4. The number of hydrogen-bond donors (Lipinski definition) is 0. The van der Waals surface area contributed by atoms with Crippen molar-refractivity contribution in [3.8, 4) is 11.5 Å². The van der Waals surface area contributed by atoms with Gasteiger partial charge in [-0.1, -0.05) is 12.1 Å². The summed E-state index contributed by atoms with van der Waals surface area (Å²) in [4.78, 5) is 12.5. The number of ketones is 1. The summed E-state index contributed by atoms with van der Waals surface area (Å²) in [5, 5.41) is 0. The Labute approximate surface area is 125 Å². The molecule has 2 aromatic rings. The van der Waals surface area contributed by atoms with E-state index in [2.05, 4.69) is 22.6 Å². The van der Waals surface area contributed by atoms with Gasteiger partial charge in [0.15, 0.2) is 5.78 Å². The van der Waals surface area contributed by atoms with Crippen LogP contribution in [-0.4, -0.2) is 20.0 Å². The molecule has 0 saturated heterocycles. The van der Waals surface area contributed by atoms with Crippen molar-refractivity contribution < 1.29 is 14.3 Å². The van der Waals surface area contributed by atoms with Crippen molar-refractivity contribution in [2.45, 2.75) is 0 Å². The highest BCUT2D eigenvalue weighted by Crippen LogP contribution is 2.25. The molecule has 19 heavy (non-hydrogen) atoms. The van der Waals surface area contributed by atoms with Crippen molar-refractivity contribution in [1.82, 2.24) is 0 Å². The van der Waals surface area contributed by atoms with Gasteiger partial charge in [-0.05, 0) is 52.9 Å². The molecule has 0 atom stereocenters. The predicted molar refractivity (Wildman–Crippen MR) is 82.1 cm³/mol. The smallest absolute Gasteiger partial charge is 0.196 e. The van der Waals surface area contributed by atoms with Gasteiger partial charge >= 0.3 is 0 Å². The highest BCUT2D eigenvalue weighted by Gasteiger charge is 2.15. The van der Waals surface area contributed by atoms with Gasteiger partial charge in [0, 0.05) is 9.13 Å².